The first kappa shape index (κ1) is 23.5. The highest BCUT2D eigenvalue weighted by Gasteiger charge is 2.33. The first-order valence-electron chi connectivity index (χ1n) is 8.08. The summed E-state index contributed by atoms with van der Waals surface area (Å²) < 4.78 is 0. The largest absolute Gasteiger partial charge is 0.375 e. The van der Waals surface area contributed by atoms with Crippen LogP contribution in [0.3, 0.4) is 0 Å². The molecule has 4 amide bonds. The second kappa shape index (κ2) is 11.9. The van der Waals surface area contributed by atoms with Gasteiger partial charge in [0.2, 0.25) is 11.8 Å². The van der Waals surface area contributed by atoms with Crippen LogP contribution < -0.4 is 16.8 Å². The van der Waals surface area contributed by atoms with Crippen LogP contribution >= 0.6 is 11.3 Å². The van der Waals surface area contributed by atoms with Crippen LogP contribution in [0, 0.1) is 0 Å². The zero-order valence-corrected chi connectivity index (χ0v) is 16.2. The molecule has 2 rings (SSSR count). The molecule has 5 N–H and O–H groups in total. The molecule has 1 aliphatic rings. The van der Waals surface area contributed by atoms with Crippen LogP contribution in [0.2, 0.25) is 0 Å². The number of nitrogens with two attached hydrogens (primary N) is 2. The van der Waals surface area contributed by atoms with E-state index in [1.54, 1.807) is 12.3 Å². The summed E-state index contributed by atoms with van der Waals surface area (Å²) in [5, 5.41) is 4.26. The molecule has 0 bridgehead atoms. The number of rotatable bonds is 4. The molecule has 1 atom stereocenters. The fourth-order valence-corrected chi connectivity index (χ4v) is 2.63. The zero-order valence-electron chi connectivity index (χ0n) is 15.4. The number of aromatic nitrogens is 1. The van der Waals surface area contributed by atoms with E-state index in [9.17, 15) is 19.2 Å². The molecule has 10 nitrogen and oxygen atoms in total. The van der Waals surface area contributed by atoms with Gasteiger partial charge in [-0.15, -0.1) is 11.3 Å². The molecule has 0 radical (unpaired) electrons. The lowest BCUT2D eigenvalue weighted by molar-refractivity contribution is -0.149. The average Bonchev–Trinajstić information content (AvgIpc) is 3.08. The van der Waals surface area contributed by atoms with E-state index in [0.29, 0.717) is 12.0 Å². The molecular formula is C15H26N6O4S. The molecule has 1 aliphatic heterocycles. The molecule has 0 spiro atoms. The van der Waals surface area contributed by atoms with Crippen LogP contribution in [-0.2, 0) is 14.4 Å². The van der Waals surface area contributed by atoms with Crippen LogP contribution in [0.5, 0.6) is 0 Å². The van der Waals surface area contributed by atoms with Crippen LogP contribution in [0.15, 0.2) is 5.38 Å². The highest BCUT2D eigenvalue weighted by Crippen LogP contribution is 2.17. The highest BCUT2D eigenvalue weighted by atomic mass is 32.1. The number of carbonyl (C=O) groups excluding carboxylic acids is 4. The number of nitrogens with one attached hydrogen (secondary N) is 1. The Morgan fingerprint density at radius 1 is 1.35 bits per heavy atom. The van der Waals surface area contributed by atoms with E-state index in [1.807, 2.05) is 13.8 Å². The zero-order chi connectivity index (χ0) is 20.3. The van der Waals surface area contributed by atoms with Gasteiger partial charge >= 0.3 is 6.03 Å². The van der Waals surface area contributed by atoms with E-state index >= 15 is 0 Å². The number of likely N-dealkylation sites (N-methyl/N-ethyl adjacent to an activating group) is 1. The number of anilines is 1. The van der Waals surface area contributed by atoms with E-state index in [0.717, 1.165) is 21.1 Å². The number of nitrogen functional groups attached to an aromatic ring is 1. The molecule has 146 valence electrons. The van der Waals surface area contributed by atoms with Gasteiger partial charge in [0.25, 0.3) is 0 Å². The third-order valence-electron chi connectivity index (χ3n) is 3.13. The minimum Gasteiger partial charge on any atom is -0.375 e. The Morgan fingerprint density at radius 3 is 2.27 bits per heavy atom. The van der Waals surface area contributed by atoms with Crippen molar-refractivity contribution in [2.24, 2.45) is 5.73 Å². The first-order chi connectivity index (χ1) is 12.5. The SMILES string of the molecule is CC.CCN1C(=O)CN(C(=O)NC(C=O)c2csc(N)n2)CC1=O.CN. The van der Waals surface area contributed by atoms with E-state index in [1.165, 1.54) is 7.05 Å². The molecule has 1 aromatic heterocycles. The van der Waals surface area contributed by atoms with E-state index < -0.39 is 23.9 Å². The van der Waals surface area contributed by atoms with Crippen molar-refractivity contribution >= 4 is 40.6 Å². The van der Waals surface area contributed by atoms with Gasteiger partial charge in [0, 0.05) is 11.9 Å². The molecule has 2 heterocycles. The fraction of sp³-hybridized carbons (Fsp3) is 0.533. The van der Waals surface area contributed by atoms with Crippen molar-refractivity contribution in [2.75, 3.05) is 32.4 Å². The van der Waals surface area contributed by atoms with Crippen molar-refractivity contribution in [1.82, 2.24) is 20.1 Å². The minimum absolute atomic E-state index is 0.212. The maximum absolute atomic E-state index is 12.1. The van der Waals surface area contributed by atoms with Crippen LogP contribution in [-0.4, -0.2) is 65.6 Å². The number of thiazole rings is 1. The van der Waals surface area contributed by atoms with Crippen molar-refractivity contribution in [3.05, 3.63) is 11.1 Å². The van der Waals surface area contributed by atoms with Crippen molar-refractivity contribution < 1.29 is 19.2 Å². The molecule has 1 fully saturated rings. The monoisotopic (exact) mass is 386 g/mol. The summed E-state index contributed by atoms with van der Waals surface area (Å²) >= 11 is 1.14. The standard InChI is InChI=1S/C12H15N5O4S.C2H6.CH5N/c1-2-17-9(19)3-16(4-10(17)20)12(21)15-7(5-18)8-6-22-11(13)14-8;2*1-2/h5-7H,2-4H2,1H3,(H2,13,14)(H,15,21);1-2H3;2H2,1H3. The van der Waals surface area contributed by atoms with Gasteiger partial charge in [-0.3, -0.25) is 14.5 Å². The van der Waals surface area contributed by atoms with Crippen molar-refractivity contribution in [3.8, 4) is 0 Å². The summed E-state index contributed by atoms with van der Waals surface area (Å²) in [5.41, 5.74) is 10.3. The van der Waals surface area contributed by atoms with Gasteiger partial charge in [-0.2, -0.15) is 0 Å². The number of nitrogens with zero attached hydrogens (tertiary/aromatic N) is 3. The van der Waals surface area contributed by atoms with Crippen molar-refractivity contribution in [2.45, 2.75) is 26.8 Å². The average molecular weight is 386 g/mol. The maximum atomic E-state index is 12.1. The van der Waals surface area contributed by atoms with Gasteiger partial charge in [-0.25, -0.2) is 9.78 Å². The summed E-state index contributed by atoms with van der Waals surface area (Å²) in [6.45, 7) is 5.52. The quantitative estimate of drug-likeness (QED) is 0.485. The normalized spacial score (nSPS) is 14.5. The number of hydrogen-bond donors (Lipinski definition) is 3. The summed E-state index contributed by atoms with van der Waals surface area (Å²) in [7, 11) is 1.50. The first-order valence-corrected chi connectivity index (χ1v) is 8.96. The van der Waals surface area contributed by atoms with Gasteiger partial charge < -0.3 is 26.5 Å². The van der Waals surface area contributed by atoms with E-state index in [4.69, 9.17) is 5.73 Å². The summed E-state index contributed by atoms with van der Waals surface area (Å²) in [4.78, 5) is 52.8. The van der Waals surface area contributed by atoms with E-state index in [2.05, 4.69) is 16.0 Å². The maximum Gasteiger partial charge on any atom is 0.319 e. The Balaban J connectivity index is 0.00000146. The smallest absolute Gasteiger partial charge is 0.319 e. The second-order valence-corrected chi connectivity index (χ2v) is 5.45. The molecule has 0 aromatic carbocycles. The summed E-state index contributed by atoms with van der Waals surface area (Å²) in [5.74, 6) is -0.899. The van der Waals surface area contributed by atoms with Gasteiger partial charge in [0.05, 0.1) is 5.69 Å². The predicted molar refractivity (Wildman–Crippen MR) is 99.3 cm³/mol. The van der Waals surface area contributed by atoms with Crippen LogP contribution in [0.25, 0.3) is 0 Å². The Morgan fingerprint density at radius 2 is 1.88 bits per heavy atom. The molecule has 0 saturated carbocycles. The highest BCUT2D eigenvalue weighted by molar-refractivity contribution is 7.13. The number of aldehydes is 1. The topological polar surface area (TPSA) is 152 Å². The second-order valence-electron chi connectivity index (χ2n) is 4.56. The lowest BCUT2D eigenvalue weighted by Gasteiger charge is -2.32. The van der Waals surface area contributed by atoms with Gasteiger partial charge in [0.15, 0.2) is 5.13 Å². The number of imide groups is 1. The van der Waals surface area contributed by atoms with Crippen LogP contribution in [0.1, 0.15) is 32.5 Å². The van der Waals surface area contributed by atoms with Gasteiger partial charge in [-0.1, -0.05) is 13.8 Å². The summed E-state index contributed by atoms with van der Waals surface area (Å²) in [6.07, 6.45) is 0.512. The number of carbonyl (C=O) groups is 4. The third kappa shape index (κ3) is 6.08. The number of urea groups is 1. The predicted octanol–water partition coefficient (Wildman–Crippen LogP) is -0.0333. The molecular weight excluding hydrogens is 360 g/mol. The molecule has 1 unspecified atom stereocenters. The molecule has 0 aliphatic carbocycles. The van der Waals surface area contributed by atoms with Gasteiger partial charge in [-0.05, 0) is 14.0 Å². The third-order valence-corrected chi connectivity index (χ3v) is 3.82. The van der Waals surface area contributed by atoms with Crippen molar-refractivity contribution in [1.29, 1.82) is 0 Å². The lowest BCUT2D eigenvalue weighted by atomic mass is 10.2. The molecule has 1 aromatic rings. The fourth-order valence-electron chi connectivity index (χ4n) is 2.03. The van der Waals surface area contributed by atoms with Crippen LogP contribution in [0.4, 0.5) is 9.93 Å². The Labute approximate surface area is 156 Å². The Bertz CT molecular complexity index is 603. The Kier molecular flexibility index (Phi) is 10.8. The number of hydrogen-bond acceptors (Lipinski definition) is 8. The minimum atomic E-state index is -0.976. The number of piperazine rings is 1. The van der Waals surface area contributed by atoms with Gasteiger partial charge in [0.1, 0.15) is 25.4 Å². The van der Waals surface area contributed by atoms with E-state index in [-0.39, 0.29) is 24.8 Å². The molecule has 1 saturated heterocycles. The Hall–Kier alpha value is -2.53. The lowest BCUT2D eigenvalue weighted by Crippen LogP contribution is -2.57. The molecule has 26 heavy (non-hydrogen) atoms. The van der Waals surface area contributed by atoms with Crippen molar-refractivity contribution in [3.63, 3.8) is 0 Å². The summed E-state index contributed by atoms with van der Waals surface area (Å²) in [6, 6.07) is -1.66. The number of amides is 4. The molecule has 11 heteroatoms.